The van der Waals surface area contributed by atoms with Gasteiger partial charge in [-0.3, -0.25) is 9.59 Å². The lowest BCUT2D eigenvalue weighted by atomic mass is 10.1. The van der Waals surface area contributed by atoms with Crippen LogP contribution in [-0.2, 0) is 19.2 Å². The fraction of sp³-hybridized carbons (Fsp3) is 0.800. The van der Waals surface area contributed by atoms with E-state index in [4.69, 9.17) is 4.84 Å². The van der Waals surface area contributed by atoms with Gasteiger partial charge in [0.1, 0.15) is 0 Å². The lowest BCUT2D eigenvalue weighted by Gasteiger charge is -2.23. The second-order valence-electron chi connectivity index (χ2n) is 6.58. The summed E-state index contributed by atoms with van der Waals surface area (Å²) in [6.07, 6.45) is 5.67. The molecule has 0 aromatic rings. The van der Waals surface area contributed by atoms with Crippen LogP contribution in [0.25, 0.3) is 0 Å². The fourth-order valence-electron chi connectivity index (χ4n) is 2.19. The summed E-state index contributed by atoms with van der Waals surface area (Å²) in [5.74, 6) is -1.34. The summed E-state index contributed by atoms with van der Waals surface area (Å²) in [4.78, 5) is 38.9. The Bertz CT molecular complexity index is 372. The maximum absolute atomic E-state index is 11.5. The number of nitrogens with zero attached hydrogens (tertiary/aromatic N) is 2. The number of quaternary nitrogens is 1. The zero-order valence-electron chi connectivity index (χ0n) is 13.4. The predicted octanol–water partition coefficient (Wildman–Crippen LogP) is 1.64. The molecule has 0 N–H and O–H groups in total. The molecule has 21 heavy (non-hydrogen) atoms. The van der Waals surface area contributed by atoms with Crippen LogP contribution < -0.4 is 0 Å². The van der Waals surface area contributed by atoms with Gasteiger partial charge in [-0.05, 0) is 19.3 Å². The topological polar surface area (TPSA) is 63.7 Å². The zero-order chi connectivity index (χ0) is 15.9. The summed E-state index contributed by atoms with van der Waals surface area (Å²) in [7, 11) is 6.53. The number of carbonyl (C=O) groups is 3. The molecule has 0 bridgehead atoms. The normalized spacial score (nSPS) is 15.7. The van der Waals surface area contributed by atoms with Crippen molar-refractivity contribution in [3.63, 3.8) is 0 Å². The molecule has 0 aliphatic carbocycles. The monoisotopic (exact) mass is 299 g/mol. The first-order valence-corrected chi connectivity index (χ1v) is 7.66. The average molecular weight is 299 g/mol. The van der Waals surface area contributed by atoms with Crippen LogP contribution in [0, 0.1) is 0 Å². The van der Waals surface area contributed by atoms with Gasteiger partial charge >= 0.3 is 5.97 Å². The van der Waals surface area contributed by atoms with Crippen LogP contribution in [0.2, 0.25) is 0 Å². The lowest BCUT2D eigenvalue weighted by molar-refractivity contribution is -0.870. The van der Waals surface area contributed by atoms with Crippen molar-refractivity contribution in [1.29, 1.82) is 0 Å². The molecule has 1 heterocycles. The molecule has 0 unspecified atom stereocenters. The van der Waals surface area contributed by atoms with E-state index in [0.29, 0.717) is 5.06 Å². The zero-order valence-corrected chi connectivity index (χ0v) is 13.4. The second kappa shape index (κ2) is 8.12. The minimum Gasteiger partial charge on any atom is -0.331 e. The Kier molecular flexibility index (Phi) is 6.81. The molecule has 0 radical (unpaired) electrons. The Hall–Kier alpha value is -1.43. The Morgan fingerprint density at radius 2 is 1.52 bits per heavy atom. The number of hydroxylamine groups is 2. The van der Waals surface area contributed by atoms with Crippen LogP contribution in [0.3, 0.4) is 0 Å². The maximum atomic E-state index is 11.5. The van der Waals surface area contributed by atoms with Crippen LogP contribution in [0.1, 0.15) is 51.4 Å². The highest BCUT2D eigenvalue weighted by Crippen LogP contribution is 2.14. The standard InChI is InChI=1S/C15H27N2O4/c1-17(2,3)12-8-6-4-5-7-9-15(20)21-16-13(18)10-11-14(16)19/h4-12H2,1-3H3/q+1. The van der Waals surface area contributed by atoms with E-state index >= 15 is 0 Å². The molecule has 6 heteroatoms. The van der Waals surface area contributed by atoms with E-state index in [-0.39, 0.29) is 19.3 Å². The van der Waals surface area contributed by atoms with E-state index in [1.54, 1.807) is 0 Å². The second-order valence-corrected chi connectivity index (χ2v) is 6.58. The largest absolute Gasteiger partial charge is 0.333 e. The van der Waals surface area contributed by atoms with E-state index < -0.39 is 17.8 Å². The van der Waals surface area contributed by atoms with Crippen molar-refractivity contribution in [3.8, 4) is 0 Å². The van der Waals surface area contributed by atoms with Crippen LogP contribution in [0.4, 0.5) is 0 Å². The number of imide groups is 1. The van der Waals surface area contributed by atoms with E-state index in [9.17, 15) is 14.4 Å². The number of hydrogen-bond donors (Lipinski definition) is 0. The number of amides is 2. The average Bonchev–Trinajstić information content (AvgIpc) is 2.68. The third kappa shape index (κ3) is 7.22. The van der Waals surface area contributed by atoms with E-state index in [1.165, 1.54) is 6.42 Å². The highest BCUT2D eigenvalue weighted by atomic mass is 16.7. The van der Waals surface area contributed by atoms with Gasteiger partial charge in [0, 0.05) is 19.3 Å². The van der Waals surface area contributed by atoms with E-state index in [1.807, 2.05) is 0 Å². The van der Waals surface area contributed by atoms with Crippen molar-refractivity contribution in [2.45, 2.75) is 51.4 Å². The van der Waals surface area contributed by atoms with E-state index in [0.717, 1.165) is 36.7 Å². The maximum Gasteiger partial charge on any atom is 0.333 e. The third-order valence-electron chi connectivity index (χ3n) is 3.41. The molecule has 0 aromatic heterocycles. The van der Waals surface area contributed by atoms with Gasteiger partial charge in [0.15, 0.2) is 0 Å². The molecule has 2 amide bonds. The first-order chi connectivity index (χ1) is 9.79. The van der Waals surface area contributed by atoms with Crippen molar-refractivity contribution >= 4 is 17.8 Å². The molecular formula is C15H27N2O4+. The number of rotatable bonds is 9. The highest BCUT2D eigenvalue weighted by molar-refractivity contribution is 6.01. The molecule has 6 nitrogen and oxygen atoms in total. The Morgan fingerprint density at radius 3 is 2.10 bits per heavy atom. The highest BCUT2D eigenvalue weighted by Gasteiger charge is 2.32. The number of carbonyl (C=O) groups excluding carboxylic acids is 3. The SMILES string of the molecule is C[N+](C)(C)CCCCCCCC(=O)ON1C(=O)CCC1=O. The van der Waals surface area contributed by atoms with Crippen molar-refractivity contribution < 1.29 is 23.7 Å². The van der Waals surface area contributed by atoms with Crippen molar-refractivity contribution in [2.75, 3.05) is 27.7 Å². The first kappa shape index (κ1) is 17.6. The molecule has 1 saturated heterocycles. The quantitative estimate of drug-likeness (QED) is 0.369. The minimum absolute atomic E-state index is 0.137. The van der Waals surface area contributed by atoms with Gasteiger partial charge < -0.3 is 9.32 Å². The van der Waals surface area contributed by atoms with Gasteiger partial charge in [-0.15, -0.1) is 5.06 Å². The van der Waals surface area contributed by atoms with Gasteiger partial charge in [-0.2, -0.15) is 0 Å². The molecule has 0 spiro atoms. The Morgan fingerprint density at radius 1 is 1.00 bits per heavy atom. The first-order valence-electron chi connectivity index (χ1n) is 7.66. The molecule has 0 atom stereocenters. The van der Waals surface area contributed by atoms with Crippen LogP contribution in [0.15, 0.2) is 0 Å². The summed E-state index contributed by atoms with van der Waals surface area (Å²) < 4.78 is 0.976. The molecule has 1 aliphatic rings. The summed E-state index contributed by atoms with van der Waals surface area (Å²) in [5, 5.41) is 0.615. The smallest absolute Gasteiger partial charge is 0.331 e. The summed E-state index contributed by atoms with van der Waals surface area (Å²) >= 11 is 0. The summed E-state index contributed by atoms with van der Waals surface area (Å²) in [6.45, 7) is 1.15. The summed E-state index contributed by atoms with van der Waals surface area (Å²) in [5.41, 5.74) is 0. The molecule has 120 valence electrons. The molecule has 0 aromatic carbocycles. The third-order valence-corrected chi connectivity index (χ3v) is 3.41. The van der Waals surface area contributed by atoms with Gasteiger partial charge in [-0.25, -0.2) is 4.79 Å². The number of hydrogen-bond acceptors (Lipinski definition) is 4. The molecular weight excluding hydrogens is 272 g/mol. The molecule has 1 aliphatic heterocycles. The van der Waals surface area contributed by atoms with Crippen LogP contribution >= 0.6 is 0 Å². The van der Waals surface area contributed by atoms with Crippen LogP contribution in [-0.4, -0.2) is 55.0 Å². The number of unbranched alkanes of at least 4 members (excludes halogenated alkanes) is 4. The Labute approximate surface area is 126 Å². The van der Waals surface area contributed by atoms with Gasteiger partial charge in [-0.1, -0.05) is 12.8 Å². The summed E-state index contributed by atoms with van der Waals surface area (Å²) in [6, 6.07) is 0. The van der Waals surface area contributed by atoms with Crippen molar-refractivity contribution in [2.24, 2.45) is 0 Å². The minimum atomic E-state index is -0.495. The van der Waals surface area contributed by atoms with E-state index in [2.05, 4.69) is 21.1 Å². The van der Waals surface area contributed by atoms with Gasteiger partial charge in [0.05, 0.1) is 27.7 Å². The van der Waals surface area contributed by atoms with Crippen molar-refractivity contribution in [3.05, 3.63) is 0 Å². The van der Waals surface area contributed by atoms with Crippen LogP contribution in [0.5, 0.6) is 0 Å². The van der Waals surface area contributed by atoms with Gasteiger partial charge in [0.25, 0.3) is 11.8 Å². The Balaban J connectivity index is 2.04. The molecule has 1 rings (SSSR count). The predicted molar refractivity (Wildman–Crippen MR) is 77.8 cm³/mol. The molecule has 1 fully saturated rings. The van der Waals surface area contributed by atoms with Gasteiger partial charge in [0.2, 0.25) is 0 Å². The molecule has 0 saturated carbocycles. The fourth-order valence-corrected chi connectivity index (χ4v) is 2.19. The lowest BCUT2D eigenvalue weighted by Crippen LogP contribution is -2.35. The van der Waals surface area contributed by atoms with Crippen molar-refractivity contribution in [1.82, 2.24) is 5.06 Å².